The lowest BCUT2D eigenvalue weighted by molar-refractivity contribution is -0.138. The van der Waals surface area contributed by atoms with Crippen LogP contribution < -0.4 is 5.73 Å². The normalized spacial score (nSPS) is 11.7. The van der Waals surface area contributed by atoms with Gasteiger partial charge in [-0.2, -0.15) is 13.2 Å². The van der Waals surface area contributed by atoms with E-state index in [4.69, 9.17) is 5.73 Å². The summed E-state index contributed by atoms with van der Waals surface area (Å²) in [5.74, 6) is 0. The minimum Gasteiger partial charge on any atom is -0.399 e. The highest BCUT2D eigenvalue weighted by Crippen LogP contribution is 2.33. The molecule has 0 radical (unpaired) electrons. The summed E-state index contributed by atoms with van der Waals surface area (Å²) in [6.45, 7) is 1.84. The number of anilines is 1. The predicted octanol–water partition coefficient (Wildman–Crippen LogP) is 3.24. The van der Waals surface area contributed by atoms with Crippen LogP contribution in [0, 0.1) is 0 Å². The van der Waals surface area contributed by atoms with Crippen molar-refractivity contribution in [3.63, 3.8) is 0 Å². The fourth-order valence-corrected chi connectivity index (χ4v) is 1.37. The molecule has 14 heavy (non-hydrogen) atoms. The number of hydrogen-bond donors (Lipinski definition) is 1. The van der Waals surface area contributed by atoms with Crippen LogP contribution >= 0.6 is 0 Å². The molecule has 78 valence electrons. The second-order valence-electron chi connectivity index (χ2n) is 3.16. The lowest BCUT2D eigenvalue weighted by atomic mass is 10.0. The van der Waals surface area contributed by atoms with E-state index < -0.39 is 11.7 Å². The molecule has 0 atom stereocenters. The number of halogens is 3. The minimum absolute atomic E-state index is 0.278. The third kappa shape index (κ3) is 2.40. The van der Waals surface area contributed by atoms with Gasteiger partial charge in [-0.15, -0.1) is 0 Å². The Bertz CT molecular complexity index is 318. The van der Waals surface area contributed by atoms with Crippen LogP contribution in [0.1, 0.15) is 24.5 Å². The summed E-state index contributed by atoms with van der Waals surface area (Å²) in [5.41, 5.74) is 5.51. The van der Waals surface area contributed by atoms with Gasteiger partial charge in [0.15, 0.2) is 0 Å². The first-order valence-electron chi connectivity index (χ1n) is 4.40. The maximum atomic E-state index is 12.5. The zero-order valence-corrected chi connectivity index (χ0v) is 7.86. The van der Waals surface area contributed by atoms with Crippen LogP contribution in [0.15, 0.2) is 18.2 Å². The molecule has 4 heteroatoms. The largest absolute Gasteiger partial charge is 0.416 e. The lowest BCUT2D eigenvalue weighted by Gasteiger charge is -2.12. The van der Waals surface area contributed by atoms with Gasteiger partial charge >= 0.3 is 6.18 Å². The molecule has 0 bridgehead atoms. The second kappa shape index (κ2) is 3.90. The molecule has 1 rings (SSSR count). The first-order valence-corrected chi connectivity index (χ1v) is 4.40. The Morgan fingerprint density at radius 1 is 1.29 bits per heavy atom. The van der Waals surface area contributed by atoms with E-state index in [1.54, 1.807) is 0 Å². The van der Waals surface area contributed by atoms with E-state index in [1.165, 1.54) is 12.1 Å². The van der Waals surface area contributed by atoms with E-state index in [2.05, 4.69) is 0 Å². The zero-order chi connectivity index (χ0) is 10.8. The van der Waals surface area contributed by atoms with Gasteiger partial charge in [-0.05, 0) is 30.2 Å². The van der Waals surface area contributed by atoms with Crippen molar-refractivity contribution in [3.05, 3.63) is 29.3 Å². The molecule has 0 saturated carbocycles. The molecule has 0 spiro atoms. The van der Waals surface area contributed by atoms with Gasteiger partial charge in [-0.1, -0.05) is 13.3 Å². The van der Waals surface area contributed by atoms with Gasteiger partial charge in [-0.25, -0.2) is 0 Å². The summed E-state index contributed by atoms with van der Waals surface area (Å²) in [6.07, 6.45) is -3.20. The average molecular weight is 203 g/mol. The van der Waals surface area contributed by atoms with E-state index in [0.29, 0.717) is 18.5 Å². The summed E-state index contributed by atoms with van der Waals surface area (Å²) >= 11 is 0. The van der Waals surface area contributed by atoms with Gasteiger partial charge in [0, 0.05) is 5.69 Å². The molecular formula is C10H12F3N. The van der Waals surface area contributed by atoms with Crippen LogP contribution in [0.25, 0.3) is 0 Å². The topological polar surface area (TPSA) is 26.0 Å². The molecule has 0 fully saturated rings. The summed E-state index contributed by atoms with van der Waals surface area (Å²) in [5, 5.41) is 0. The highest BCUT2D eigenvalue weighted by molar-refractivity contribution is 5.45. The molecule has 1 aromatic carbocycles. The number of nitrogens with two attached hydrogens (primary N) is 1. The fourth-order valence-electron chi connectivity index (χ4n) is 1.37. The molecule has 0 amide bonds. The molecule has 0 aromatic heterocycles. The third-order valence-corrected chi connectivity index (χ3v) is 1.95. The molecule has 0 saturated heterocycles. The van der Waals surface area contributed by atoms with E-state index in [9.17, 15) is 13.2 Å². The summed E-state index contributed by atoms with van der Waals surface area (Å²) in [4.78, 5) is 0. The molecule has 0 aliphatic carbocycles. The Kier molecular flexibility index (Phi) is 3.03. The van der Waals surface area contributed by atoms with Gasteiger partial charge < -0.3 is 5.73 Å². The van der Waals surface area contributed by atoms with Crippen LogP contribution in [0.4, 0.5) is 18.9 Å². The number of alkyl halides is 3. The van der Waals surface area contributed by atoms with Crippen LogP contribution in [0.3, 0.4) is 0 Å². The smallest absolute Gasteiger partial charge is 0.399 e. The number of aryl methyl sites for hydroxylation is 1. The third-order valence-electron chi connectivity index (χ3n) is 1.95. The standard InChI is InChI=1S/C10H12F3N/c1-2-3-7-6-8(14)4-5-9(7)10(11,12)13/h4-6H,2-3,14H2,1H3. The van der Waals surface area contributed by atoms with Crippen LogP contribution in [0.2, 0.25) is 0 Å². The molecule has 2 N–H and O–H groups in total. The molecule has 0 aliphatic heterocycles. The van der Waals surface area contributed by atoms with E-state index >= 15 is 0 Å². The van der Waals surface area contributed by atoms with Gasteiger partial charge in [0.25, 0.3) is 0 Å². The predicted molar refractivity (Wildman–Crippen MR) is 49.9 cm³/mol. The quantitative estimate of drug-likeness (QED) is 0.733. The number of hydrogen-bond acceptors (Lipinski definition) is 1. The number of rotatable bonds is 2. The maximum Gasteiger partial charge on any atom is 0.416 e. The van der Waals surface area contributed by atoms with Gasteiger partial charge in [0.2, 0.25) is 0 Å². The van der Waals surface area contributed by atoms with Gasteiger partial charge in [-0.3, -0.25) is 0 Å². The first kappa shape index (κ1) is 10.9. The highest BCUT2D eigenvalue weighted by Gasteiger charge is 2.32. The molecular weight excluding hydrogens is 191 g/mol. The van der Waals surface area contributed by atoms with Crippen molar-refractivity contribution in [2.75, 3.05) is 5.73 Å². The second-order valence-corrected chi connectivity index (χ2v) is 3.16. The van der Waals surface area contributed by atoms with Crippen molar-refractivity contribution in [1.29, 1.82) is 0 Å². The van der Waals surface area contributed by atoms with E-state index in [-0.39, 0.29) is 5.56 Å². The summed E-state index contributed by atoms with van der Waals surface area (Å²) < 4.78 is 37.4. The molecule has 0 heterocycles. The minimum atomic E-state index is -4.28. The monoisotopic (exact) mass is 203 g/mol. The van der Waals surface area contributed by atoms with Crippen molar-refractivity contribution in [2.24, 2.45) is 0 Å². The Morgan fingerprint density at radius 3 is 2.43 bits per heavy atom. The van der Waals surface area contributed by atoms with Crippen molar-refractivity contribution < 1.29 is 13.2 Å². The van der Waals surface area contributed by atoms with Crippen molar-refractivity contribution in [2.45, 2.75) is 25.9 Å². The van der Waals surface area contributed by atoms with Gasteiger partial charge in [0.05, 0.1) is 5.56 Å². The van der Waals surface area contributed by atoms with Crippen LogP contribution in [-0.2, 0) is 12.6 Å². The van der Waals surface area contributed by atoms with Crippen molar-refractivity contribution in [1.82, 2.24) is 0 Å². The Morgan fingerprint density at radius 2 is 1.93 bits per heavy atom. The summed E-state index contributed by atoms with van der Waals surface area (Å²) in [6, 6.07) is 3.72. The molecule has 0 unspecified atom stereocenters. The SMILES string of the molecule is CCCc1cc(N)ccc1C(F)(F)F. The van der Waals surface area contributed by atoms with Crippen molar-refractivity contribution in [3.8, 4) is 0 Å². The molecule has 0 aliphatic rings. The highest BCUT2D eigenvalue weighted by atomic mass is 19.4. The molecule has 1 nitrogen and oxygen atoms in total. The van der Waals surface area contributed by atoms with Gasteiger partial charge in [0.1, 0.15) is 0 Å². The van der Waals surface area contributed by atoms with E-state index in [0.717, 1.165) is 6.07 Å². The Balaban J connectivity index is 3.15. The van der Waals surface area contributed by atoms with Crippen molar-refractivity contribution >= 4 is 5.69 Å². The summed E-state index contributed by atoms with van der Waals surface area (Å²) in [7, 11) is 0. The Hall–Kier alpha value is -1.19. The molecule has 1 aromatic rings. The zero-order valence-electron chi connectivity index (χ0n) is 7.86. The average Bonchev–Trinajstić information content (AvgIpc) is 2.02. The Labute approximate surface area is 80.7 Å². The van der Waals surface area contributed by atoms with Crippen LogP contribution in [-0.4, -0.2) is 0 Å². The number of nitrogen functional groups attached to an aromatic ring is 1. The maximum absolute atomic E-state index is 12.5. The first-order chi connectivity index (χ1) is 6.45. The van der Waals surface area contributed by atoms with E-state index in [1.807, 2.05) is 6.92 Å². The lowest BCUT2D eigenvalue weighted by Crippen LogP contribution is -2.09. The number of benzene rings is 1. The van der Waals surface area contributed by atoms with Crippen LogP contribution in [0.5, 0.6) is 0 Å². The fraction of sp³-hybridized carbons (Fsp3) is 0.400.